The number of amides is 1. The number of carbonyl (C=O) groups excluding carboxylic acids is 1. The van der Waals surface area contributed by atoms with E-state index in [1.807, 2.05) is 24.3 Å². The van der Waals surface area contributed by atoms with E-state index >= 15 is 0 Å². The van der Waals surface area contributed by atoms with E-state index in [1.54, 1.807) is 47.5 Å². The Kier molecular flexibility index (Phi) is 7.16. The van der Waals surface area contributed by atoms with Gasteiger partial charge in [-0.3, -0.25) is 4.79 Å². The molecular weight excluding hydrogens is 465 g/mol. The van der Waals surface area contributed by atoms with Gasteiger partial charge in [-0.15, -0.1) is 0 Å². The lowest BCUT2D eigenvalue weighted by atomic mass is 10.2. The molecule has 0 bridgehead atoms. The molecule has 0 unspecified atom stereocenters. The molecule has 0 fully saturated rings. The Morgan fingerprint density at radius 1 is 1.03 bits per heavy atom. The molecule has 0 radical (unpaired) electrons. The van der Waals surface area contributed by atoms with Gasteiger partial charge in [-0.05, 0) is 42.3 Å². The van der Waals surface area contributed by atoms with Crippen LogP contribution in [0.25, 0.3) is 0 Å². The first-order valence-electron chi connectivity index (χ1n) is 10.2. The Morgan fingerprint density at radius 3 is 2.61 bits per heavy atom. The Hall–Kier alpha value is -3.49. The summed E-state index contributed by atoms with van der Waals surface area (Å²) in [4.78, 5) is 12.5. The van der Waals surface area contributed by atoms with Crippen LogP contribution in [0.5, 0.6) is 11.5 Å². The van der Waals surface area contributed by atoms with Crippen molar-refractivity contribution in [2.24, 2.45) is 0 Å². The molecular formula is C23H21Cl2N5O3. The molecule has 2 aromatic carbocycles. The second-order valence-electron chi connectivity index (χ2n) is 7.06. The van der Waals surface area contributed by atoms with Gasteiger partial charge in [0.1, 0.15) is 16.5 Å². The van der Waals surface area contributed by atoms with Crippen molar-refractivity contribution in [1.29, 1.82) is 0 Å². The maximum Gasteiger partial charge on any atom is 0.276 e. The molecule has 8 nitrogen and oxygen atoms in total. The lowest BCUT2D eigenvalue weighted by molar-refractivity contribution is 0.102. The molecule has 4 rings (SSSR count). The summed E-state index contributed by atoms with van der Waals surface area (Å²) >= 11 is 12.1. The van der Waals surface area contributed by atoms with Gasteiger partial charge in [0, 0.05) is 6.20 Å². The average molecular weight is 486 g/mol. The van der Waals surface area contributed by atoms with Gasteiger partial charge in [-0.2, -0.15) is 10.2 Å². The van der Waals surface area contributed by atoms with E-state index in [0.717, 1.165) is 12.2 Å². The summed E-state index contributed by atoms with van der Waals surface area (Å²) < 4.78 is 14.4. The van der Waals surface area contributed by atoms with Crippen molar-refractivity contribution in [3.63, 3.8) is 0 Å². The van der Waals surface area contributed by atoms with Gasteiger partial charge >= 0.3 is 0 Å². The molecule has 4 aromatic rings. The maximum atomic E-state index is 12.5. The van der Waals surface area contributed by atoms with Crippen LogP contribution in [-0.4, -0.2) is 25.5 Å². The molecule has 2 heterocycles. The molecule has 1 N–H and O–H groups in total. The molecule has 0 aliphatic heterocycles. The standard InChI is InChI=1S/C23H21Cl2N5O3/c1-2-16-6-8-18(9-7-16)32-15-30-13-17(12-26-30)27-23(31)20-10-11-29(28-20)14-33-21-5-3-4-19(24)22(21)25/h3-13H,2,14-15H2,1H3,(H,27,31). The third-order valence-corrected chi connectivity index (χ3v) is 5.53. The van der Waals surface area contributed by atoms with Crippen molar-refractivity contribution in [3.8, 4) is 11.5 Å². The number of hydrogen-bond acceptors (Lipinski definition) is 5. The summed E-state index contributed by atoms with van der Waals surface area (Å²) in [6.07, 6.45) is 5.83. The maximum absolute atomic E-state index is 12.5. The number of aromatic nitrogens is 4. The summed E-state index contributed by atoms with van der Waals surface area (Å²) in [7, 11) is 0. The summed E-state index contributed by atoms with van der Waals surface area (Å²) in [5, 5.41) is 11.9. The van der Waals surface area contributed by atoms with Crippen molar-refractivity contribution in [1.82, 2.24) is 19.6 Å². The zero-order chi connectivity index (χ0) is 23.2. The lowest BCUT2D eigenvalue weighted by Gasteiger charge is -2.08. The second kappa shape index (κ2) is 10.4. The Bertz CT molecular complexity index is 1240. The molecule has 0 spiro atoms. The molecule has 0 aliphatic rings. The zero-order valence-electron chi connectivity index (χ0n) is 17.7. The van der Waals surface area contributed by atoms with Crippen LogP contribution < -0.4 is 14.8 Å². The molecule has 10 heteroatoms. The van der Waals surface area contributed by atoms with Crippen LogP contribution in [0.15, 0.2) is 67.1 Å². The smallest absolute Gasteiger partial charge is 0.276 e. The quantitative estimate of drug-likeness (QED) is 0.348. The van der Waals surface area contributed by atoms with Gasteiger partial charge in [0.05, 0.1) is 23.1 Å². The number of nitrogens with one attached hydrogen (secondary N) is 1. The van der Waals surface area contributed by atoms with Gasteiger partial charge in [-0.25, -0.2) is 9.36 Å². The van der Waals surface area contributed by atoms with Crippen molar-refractivity contribution < 1.29 is 14.3 Å². The normalized spacial score (nSPS) is 10.8. The highest BCUT2D eigenvalue weighted by molar-refractivity contribution is 6.42. The number of aryl methyl sites for hydroxylation is 1. The number of benzene rings is 2. The van der Waals surface area contributed by atoms with E-state index in [2.05, 4.69) is 22.4 Å². The van der Waals surface area contributed by atoms with Gasteiger partial charge in [0.2, 0.25) is 0 Å². The number of rotatable bonds is 9. The third-order valence-electron chi connectivity index (χ3n) is 4.73. The predicted molar refractivity (Wildman–Crippen MR) is 126 cm³/mol. The minimum atomic E-state index is -0.370. The van der Waals surface area contributed by atoms with Gasteiger partial charge in [0.15, 0.2) is 19.2 Å². The average Bonchev–Trinajstić information content (AvgIpc) is 3.49. The summed E-state index contributed by atoms with van der Waals surface area (Å²) in [6.45, 7) is 2.39. The van der Waals surface area contributed by atoms with Crippen LogP contribution in [0.2, 0.25) is 10.0 Å². The SMILES string of the molecule is CCc1ccc(OCn2cc(NC(=O)c3ccn(COc4cccc(Cl)c4Cl)n3)cn2)cc1. The minimum absolute atomic E-state index is 0.0713. The van der Waals surface area contributed by atoms with Crippen molar-refractivity contribution in [2.75, 3.05) is 5.32 Å². The van der Waals surface area contributed by atoms with Crippen LogP contribution >= 0.6 is 23.2 Å². The molecule has 170 valence electrons. The Balaban J connectivity index is 1.29. The molecule has 0 atom stereocenters. The number of nitrogens with zero attached hydrogens (tertiary/aromatic N) is 4. The number of hydrogen-bond donors (Lipinski definition) is 1. The van der Waals surface area contributed by atoms with Gasteiger partial charge in [-0.1, -0.05) is 48.3 Å². The van der Waals surface area contributed by atoms with Crippen LogP contribution in [0.1, 0.15) is 23.0 Å². The van der Waals surface area contributed by atoms with Crippen molar-refractivity contribution in [2.45, 2.75) is 26.8 Å². The molecule has 0 saturated heterocycles. The number of ether oxygens (including phenoxy) is 2. The van der Waals surface area contributed by atoms with Crippen LogP contribution in [-0.2, 0) is 19.9 Å². The largest absolute Gasteiger partial charge is 0.471 e. The minimum Gasteiger partial charge on any atom is -0.471 e. The lowest BCUT2D eigenvalue weighted by Crippen LogP contribution is -2.14. The molecule has 0 saturated carbocycles. The fourth-order valence-electron chi connectivity index (χ4n) is 2.94. The van der Waals surface area contributed by atoms with E-state index in [1.165, 1.54) is 10.2 Å². The highest BCUT2D eigenvalue weighted by atomic mass is 35.5. The first-order valence-corrected chi connectivity index (χ1v) is 10.9. The van der Waals surface area contributed by atoms with E-state index < -0.39 is 0 Å². The first kappa shape index (κ1) is 22.7. The summed E-state index contributed by atoms with van der Waals surface area (Å²) in [6, 6.07) is 14.6. The van der Waals surface area contributed by atoms with E-state index in [4.69, 9.17) is 32.7 Å². The van der Waals surface area contributed by atoms with E-state index in [9.17, 15) is 4.79 Å². The first-order chi connectivity index (χ1) is 16.0. The predicted octanol–water partition coefficient (Wildman–Crippen LogP) is 5.27. The van der Waals surface area contributed by atoms with E-state index in [0.29, 0.717) is 21.5 Å². The highest BCUT2D eigenvalue weighted by Crippen LogP contribution is 2.31. The Labute approximate surface area is 200 Å². The molecule has 33 heavy (non-hydrogen) atoms. The zero-order valence-corrected chi connectivity index (χ0v) is 19.3. The highest BCUT2D eigenvalue weighted by Gasteiger charge is 2.12. The topological polar surface area (TPSA) is 83.2 Å². The van der Waals surface area contributed by atoms with Gasteiger partial charge in [0.25, 0.3) is 5.91 Å². The van der Waals surface area contributed by atoms with Crippen molar-refractivity contribution in [3.05, 3.63) is 88.4 Å². The number of carbonyl (C=O) groups is 1. The molecule has 2 aromatic heterocycles. The third kappa shape index (κ3) is 5.85. The van der Waals surface area contributed by atoms with Gasteiger partial charge < -0.3 is 14.8 Å². The summed E-state index contributed by atoms with van der Waals surface area (Å²) in [5.74, 6) is 0.812. The summed E-state index contributed by atoms with van der Waals surface area (Å²) in [5.41, 5.74) is 2.01. The van der Waals surface area contributed by atoms with Crippen LogP contribution in [0.4, 0.5) is 5.69 Å². The van der Waals surface area contributed by atoms with Crippen LogP contribution in [0, 0.1) is 0 Å². The monoisotopic (exact) mass is 485 g/mol. The molecule has 0 aliphatic carbocycles. The van der Waals surface area contributed by atoms with Crippen LogP contribution in [0.3, 0.4) is 0 Å². The number of halogens is 2. The molecule has 1 amide bonds. The Morgan fingerprint density at radius 2 is 1.82 bits per heavy atom. The number of anilines is 1. The fourth-order valence-corrected chi connectivity index (χ4v) is 3.29. The van der Waals surface area contributed by atoms with E-state index in [-0.39, 0.29) is 25.1 Å². The van der Waals surface area contributed by atoms with Crippen molar-refractivity contribution >= 4 is 34.8 Å². The fraction of sp³-hybridized carbons (Fsp3) is 0.174. The second-order valence-corrected chi connectivity index (χ2v) is 7.84.